The molecule has 0 aliphatic heterocycles. The number of carbonyl (C=O) groups excluding carboxylic acids is 1. The third-order valence-corrected chi connectivity index (χ3v) is 4.95. The fraction of sp³-hybridized carbons (Fsp3) is 0.500. The lowest BCUT2D eigenvalue weighted by molar-refractivity contribution is 0.0963. The Balaban J connectivity index is 0.00000190. The average molecular weight is 401 g/mol. The molecule has 3 nitrogen and oxygen atoms in total. The second-order valence-corrected chi connectivity index (χ2v) is 9.52. The Kier molecular flexibility index (Phi) is 7.97. The second kappa shape index (κ2) is 9.18. The van der Waals surface area contributed by atoms with Gasteiger partial charge in [0.25, 0.3) is 5.91 Å². The molecule has 0 radical (unpaired) electrons. The summed E-state index contributed by atoms with van der Waals surface area (Å²) in [4.78, 5) is 17.0. The minimum absolute atomic E-state index is 0.0229. The van der Waals surface area contributed by atoms with Crippen molar-refractivity contribution in [3.63, 3.8) is 0 Å². The molecule has 0 spiro atoms. The molecule has 1 unspecified atom stereocenters. The van der Waals surface area contributed by atoms with Crippen LogP contribution in [0.3, 0.4) is 0 Å². The maximum Gasteiger partial charge on any atom is 0.253 e. The third kappa shape index (κ3) is 5.64. The zero-order valence-corrected chi connectivity index (χ0v) is 20.4. The average Bonchev–Trinajstić information content (AvgIpc) is 2.60. The molecule has 1 amide bonds. The van der Waals surface area contributed by atoms with Gasteiger partial charge < -0.3 is 5.32 Å². The lowest BCUT2D eigenvalue weighted by Gasteiger charge is -2.27. The lowest BCUT2D eigenvalue weighted by Crippen LogP contribution is -2.22. The first-order chi connectivity index (χ1) is 12.8. The molecule has 0 saturated heterocycles. The van der Waals surface area contributed by atoms with Crippen molar-refractivity contribution in [2.24, 2.45) is 0 Å². The largest absolute Gasteiger partial charge is 0.355 e. The number of aromatic nitrogens is 1. The van der Waals surface area contributed by atoms with E-state index in [9.17, 15) is 4.79 Å². The number of aryl methyl sites for hydroxylation is 1. The van der Waals surface area contributed by atoms with Crippen LogP contribution in [0.4, 0.5) is 0 Å². The highest BCUT2D eigenvalue weighted by Crippen LogP contribution is 2.35. The topological polar surface area (TPSA) is 42.0 Å². The molecule has 1 aromatic heterocycles. The van der Waals surface area contributed by atoms with Crippen LogP contribution in [0.5, 0.6) is 0 Å². The van der Waals surface area contributed by atoms with Crippen LogP contribution in [0, 0.1) is 6.92 Å². The molecule has 4 heteroatoms. The highest BCUT2D eigenvalue weighted by Gasteiger charge is 2.23. The number of hydrogen-bond donors (Lipinski definition) is 1. The molecule has 0 saturated carbocycles. The number of nitrogens with one attached hydrogen (secondary N) is 1. The Morgan fingerprint density at radius 3 is 1.79 bits per heavy atom. The van der Waals surface area contributed by atoms with Gasteiger partial charge in [-0.05, 0) is 46.1 Å². The number of pyridine rings is 1. The predicted molar refractivity (Wildman–Crippen MR) is 126 cm³/mol. The van der Waals surface area contributed by atoms with Gasteiger partial charge in [-0.15, -0.1) is 0 Å². The molecule has 0 bridgehead atoms. The Morgan fingerprint density at radius 1 is 0.929 bits per heavy atom. The quantitative estimate of drug-likeness (QED) is 0.673. The maximum atomic E-state index is 12.5. The maximum absolute atomic E-state index is 12.5. The molecule has 1 atom stereocenters. The summed E-state index contributed by atoms with van der Waals surface area (Å²) in [5.41, 5.74) is 6.79. The molecule has 1 aromatic carbocycles. The number of nitrogens with zero attached hydrogens (tertiary/aromatic N) is 1. The Labute approximate surface area is 173 Å². The van der Waals surface area contributed by atoms with Gasteiger partial charge in [-0.1, -0.05) is 82.8 Å². The number of carbonyl (C=O) groups is 1. The van der Waals surface area contributed by atoms with Crippen molar-refractivity contribution in [1.82, 2.24) is 10.3 Å². The van der Waals surface area contributed by atoms with Crippen LogP contribution >= 0.6 is 9.24 Å². The van der Waals surface area contributed by atoms with E-state index in [4.69, 9.17) is 0 Å². The fourth-order valence-corrected chi connectivity index (χ4v) is 3.35. The van der Waals surface area contributed by atoms with Gasteiger partial charge in [0.15, 0.2) is 0 Å². The van der Waals surface area contributed by atoms with Crippen molar-refractivity contribution in [3.05, 3.63) is 46.6 Å². The van der Waals surface area contributed by atoms with E-state index in [2.05, 4.69) is 79.3 Å². The molecule has 0 fully saturated rings. The van der Waals surface area contributed by atoms with Gasteiger partial charge >= 0.3 is 0 Å². The SMILES string of the molecule is CC.CNC(=O)c1c(-c2cc(C(C)(C)C)cc(C(C)(C)C)c2)cc(P)nc1C. The summed E-state index contributed by atoms with van der Waals surface area (Å²) in [5.74, 6) is -0.103. The molecule has 2 rings (SSSR count). The van der Waals surface area contributed by atoms with E-state index in [1.807, 2.05) is 26.8 Å². The molecule has 0 aliphatic carbocycles. The van der Waals surface area contributed by atoms with E-state index in [0.29, 0.717) is 5.56 Å². The smallest absolute Gasteiger partial charge is 0.253 e. The van der Waals surface area contributed by atoms with Crippen molar-refractivity contribution in [1.29, 1.82) is 0 Å². The first-order valence-corrected chi connectivity index (χ1v) is 10.6. The van der Waals surface area contributed by atoms with Gasteiger partial charge in [-0.3, -0.25) is 9.78 Å². The molecule has 2 aromatic rings. The highest BCUT2D eigenvalue weighted by molar-refractivity contribution is 7.26. The molecule has 28 heavy (non-hydrogen) atoms. The third-order valence-electron chi connectivity index (χ3n) is 4.65. The van der Waals surface area contributed by atoms with Gasteiger partial charge in [-0.2, -0.15) is 0 Å². The van der Waals surface area contributed by atoms with Crippen LogP contribution in [0.15, 0.2) is 24.3 Å². The summed E-state index contributed by atoms with van der Waals surface area (Å²) in [5, 5.41) is 2.76. The second-order valence-electron chi connectivity index (χ2n) is 8.93. The van der Waals surface area contributed by atoms with E-state index in [1.165, 1.54) is 11.1 Å². The van der Waals surface area contributed by atoms with Crippen LogP contribution in [-0.2, 0) is 10.8 Å². The zero-order valence-electron chi connectivity index (χ0n) is 19.2. The number of hydrogen-bond acceptors (Lipinski definition) is 2. The van der Waals surface area contributed by atoms with Gasteiger partial charge in [0, 0.05) is 7.05 Å². The summed E-state index contributed by atoms with van der Waals surface area (Å²) in [6.45, 7) is 19.2. The summed E-state index contributed by atoms with van der Waals surface area (Å²) >= 11 is 0. The van der Waals surface area contributed by atoms with Gasteiger partial charge in [0.1, 0.15) is 0 Å². The molecular formula is C24H37N2OP. The normalized spacial score (nSPS) is 11.5. The van der Waals surface area contributed by atoms with E-state index < -0.39 is 0 Å². The fourth-order valence-electron chi connectivity index (χ4n) is 2.99. The van der Waals surface area contributed by atoms with E-state index in [0.717, 1.165) is 22.3 Å². The van der Waals surface area contributed by atoms with Gasteiger partial charge in [-0.25, -0.2) is 0 Å². The zero-order chi connectivity index (χ0) is 21.9. The van der Waals surface area contributed by atoms with E-state index in [-0.39, 0.29) is 16.7 Å². The summed E-state index contributed by atoms with van der Waals surface area (Å²) in [6.07, 6.45) is 0. The van der Waals surface area contributed by atoms with Crippen molar-refractivity contribution in [3.8, 4) is 11.1 Å². The Bertz CT molecular complexity index is 811. The molecule has 0 aliphatic rings. The first kappa shape index (κ1) is 24.3. The van der Waals surface area contributed by atoms with E-state index in [1.54, 1.807) is 7.05 Å². The Hall–Kier alpha value is -1.73. The highest BCUT2D eigenvalue weighted by atomic mass is 31.0. The summed E-state index contributed by atoms with van der Waals surface area (Å²) in [7, 11) is 4.31. The minimum atomic E-state index is -0.103. The summed E-state index contributed by atoms with van der Waals surface area (Å²) < 4.78 is 0. The van der Waals surface area contributed by atoms with Crippen molar-refractivity contribution >= 4 is 20.6 Å². The van der Waals surface area contributed by atoms with E-state index >= 15 is 0 Å². The monoisotopic (exact) mass is 400 g/mol. The predicted octanol–water partition coefficient (Wildman–Crippen LogP) is 5.54. The molecule has 1 heterocycles. The van der Waals surface area contributed by atoms with Crippen LogP contribution in [-0.4, -0.2) is 17.9 Å². The first-order valence-electron chi connectivity index (χ1n) is 10.00. The molecular weight excluding hydrogens is 363 g/mol. The van der Waals surface area contributed by atoms with Gasteiger partial charge in [0.05, 0.1) is 16.7 Å². The van der Waals surface area contributed by atoms with Crippen LogP contribution in [0.25, 0.3) is 11.1 Å². The number of benzene rings is 1. The van der Waals surface area contributed by atoms with Crippen molar-refractivity contribution in [2.45, 2.75) is 73.1 Å². The van der Waals surface area contributed by atoms with Crippen molar-refractivity contribution < 1.29 is 4.79 Å². The van der Waals surface area contributed by atoms with Crippen LogP contribution in [0.1, 0.15) is 82.6 Å². The lowest BCUT2D eigenvalue weighted by atomic mass is 9.78. The van der Waals surface area contributed by atoms with Gasteiger partial charge in [0.2, 0.25) is 0 Å². The summed E-state index contributed by atoms with van der Waals surface area (Å²) in [6, 6.07) is 8.69. The minimum Gasteiger partial charge on any atom is -0.355 e. The standard InChI is InChI=1S/C22H31N2OP.C2H6/c1-13-19(20(25)23-8)17(12-18(26)24-13)14-9-15(21(2,3)4)11-16(10-14)22(5,6)7;1-2/h9-12H,26H2,1-8H3,(H,23,25);1-2H3. The molecule has 154 valence electrons. The Morgan fingerprint density at radius 2 is 1.39 bits per heavy atom. The van der Waals surface area contributed by atoms with Crippen molar-refractivity contribution in [2.75, 3.05) is 7.05 Å². The number of rotatable bonds is 2. The van der Waals surface area contributed by atoms with Crippen LogP contribution < -0.4 is 10.8 Å². The van der Waals surface area contributed by atoms with Crippen LogP contribution in [0.2, 0.25) is 0 Å². The number of amides is 1. The molecule has 1 N–H and O–H groups in total.